The number of halogens is 3. The number of ether oxygens (including phenoxy) is 3. The molecule has 2 heterocycles. The number of benzene rings is 1. The number of hydrogen-bond donors (Lipinski definition) is 1. The summed E-state index contributed by atoms with van der Waals surface area (Å²) >= 11 is 0. The molecule has 1 saturated heterocycles. The maximum Gasteiger partial charge on any atom is 0.423 e. The minimum absolute atomic E-state index is 0.0572. The number of nitrogens with zero attached hydrogens (tertiary/aromatic N) is 1. The Morgan fingerprint density at radius 1 is 1.30 bits per heavy atom. The zero-order valence-electron chi connectivity index (χ0n) is 17.6. The van der Waals surface area contributed by atoms with Crippen LogP contribution in [0.25, 0.3) is 0 Å². The third-order valence-corrected chi connectivity index (χ3v) is 5.12. The second-order valence-corrected chi connectivity index (χ2v) is 7.27. The van der Waals surface area contributed by atoms with Gasteiger partial charge < -0.3 is 14.2 Å². The molecule has 176 valence electrons. The molecule has 3 atom stereocenters. The van der Waals surface area contributed by atoms with Crippen molar-refractivity contribution in [1.29, 1.82) is 0 Å². The summed E-state index contributed by atoms with van der Waals surface area (Å²) in [5.74, 6) is 1.64. The standard InChI is InChI=1S/C22H21F3N2O6/c1-3-9-31-16-10-18(27-11-15(22(23,24)25)19(28)26-21(27)30)33-17(16)12-32-20(29)14-7-5-13(4-2)6-8-14/h1,5-8,11,16-18H,4,9-10,12H2,2H3,(H,26,28,30)/t16-,17+,18+/m0/s1. The van der Waals surface area contributed by atoms with E-state index in [4.69, 9.17) is 20.6 Å². The number of aromatic nitrogens is 2. The van der Waals surface area contributed by atoms with Crippen LogP contribution in [0.4, 0.5) is 13.2 Å². The molecule has 0 amide bonds. The Kier molecular flexibility index (Phi) is 7.40. The number of H-pyrrole nitrogens is 1. The summed E-state index contributed by atoms with van der Waals surface area (Å²) in [7, 11) is 0. The Hall–Kier alpha value is -3.36. The Morgan fingerprint density at radius 2 is 2.00 bits per heavy atom. The number of carbonyl (C=O) groups excluding carboxylic acids is 1. The monoisotopic (exact) mass is 466 g/mol. The summed E-state index contributed by atoms with van der Waals surface area (Å²) in [5.41, 5.74) is -2.82. The maximum atomic E-state index is 13.1. The van der Waals surface area contributed by atoms with Gasteiger partial charge in [0, 0.05) is 12.6 Å². The van der Waals surface area contributed by atoms with E-state index in [0.717, 1.165) is 12.0 Å². The number of terminal acetylenes is 1. The molecule has 11 heteroatoms. The first-order valence-electron chi connectivity index (χ1n) is 10.0. The number of nitrogens with one attached hydrogen (secondary N) is 1. The van der Waals surface area contributed by atoms with E-state index in [2.05, 4.69) is 5.92 Å². The fraction of sp³-hybridized carbons (Fsp3) is 0.409. The lowest BCUT2D eigenvalue weighted by molar-refractivity contribution is -0.139. The van der Waals surface area contributed by atoms with Crippen molar-refractivity contribution >= 4 is 5.97 Å². The molecule has 1 aliphatic heterocycles. The Morgan fingerprint density at radius 3 is 2.61 bits per heavy atom. The fourth-order valence-electron chi connectivity index (χ4n) is 3.37. The van der Waals surface area contributed by atoms with Crippen molar-refractivity contribution in [2.24, 2.45) is 0 Å². The van der Waals surface area contributed by atoms with Crippen molar-refractivity contribution in [2.75, 3.05) is 13.2 Å². The predicted octanol–water partition coefficient (Wildman–Crippen LogP) is 2.28. The van der Waals surface area contributed by atoms with Crippen molar-refractivity contribution in [3.63, 3.8) is 0 Å². The molecule has 1 fully saturated rings. The lowest BCUT2D eigenvalue weighted by Gasteiger charge is -2.18. The van der Waals surface area contributed by atoms with Gasteiger partial charge in [0.1, 0.15) is 31.1 Å². The average Bonchev–Trinajstić information content (AvgIpc) is 3.17. The SMILES string of the molecule is C#CCO[C@H]1C[C@H](n2cc(C(F)(F)F)c(=O)[nH]c2=O)O[C@@H]1COC(=O)c1ccc(CC)cc1. The summed E-state index contributed by atoms with van der Waals surface area (Å²) in [5, 5.41) is 0. The first kappa shape index (κ1) is 24.3. The molecular formula is C22H21F3N2O6. The molecule has 0 radical (unpaired) electrons. The second kappa shape index (κ2) is 10.1. The van der Waals surface area contributed by atoms with Crippen LogP contribution in [0.1, 0.15) is 41.1 Å². The normalized spacial score (nSPS) is 20.4. The molecule has 3 rings (SSSR count). The second-order valence-electron chi connectivity index (χ2n) is 7.27. The molecule has 1 aromatic carbocycles. The number of aromatic amines is 1. The van der Waals surface area contributed by atoms with Gasteiger partial charge in [-0.1, -0.05) is 25.0 Å². The number of carbonyl (C=O) groups is 1. The average molecular weight is 466 g/mol. The molecule has 0 unspecified atom stereocenters. The van der Waals surface area contributed by atoms with Gasteiger partial charge in [-0.05, 0) is 24.1 Å². The zero-order valence-corrected chi connectivity index (χ0v) is 17.6. The van der Waals surface area contributed by atoms with E-state index in [1.165, 1.54) is 0 Å². The van der Waals surface area contributed by atoms with E-state index < -0.39 is 47.4 Å². The van der Waals surface area contributed by atoms with E-state index in [0.29, 0.717) is 16.3 Å². The van der Waals surface area contributed by atoms with Crippen LogP contribution in [0.5, 0.6) is 0 Å². The summed E-state index contributed by atoms with van der Waals surface area (Å²) in [6.07, 6.45) is -1.50. The maximum absolute atomic E-state index is 13.1. The summed E-state index contributed by atoms with van der Waals surface area (Å²) in [6, 6.07) is 6.81. The zero-order chi connectivity index (χ0) is 24.2. The summed E-state index contributed by atoms with van der Waals surface area (Å²) in [4.78, 5) is 37.7. The van der Waals surface area contributed by atoms with Crippen molar-refractivity contribution in [2.45, 2.75) is 44.4 Å². The van der Waals surface area contributed by atoms with E-state index in [-0.39, 0.29) is 19.6 Å². The van der Waals surface area contributed by atoms with Crippen LogP contribution in [0.3, 0.4) is 0 Å². The van der Waals surface area contributed by atoms with Gasteiger partial charge in [0.25, 0.3) is 5.56 Å². The van der Waals surface area contributed by atoms with Gasteiger partial charge in [0.15, 0.2) is 0 Å². The fourth-order valence-corrected chi connectivity index (χ4v) is 3.37. The number of esters is 1. The first-order valence-corrected chi connectivity index (χ1v) is 10.0. The molecule has 2 aromatic rings. The van der Waals surface area contributed by atoms with Gasteiger partial charge in [0.2, 0.25) is 0 Å². The van der Waals surface area contributed by atoms with Crippen LogP contribution >= 0.6 is 0 Å². The Bertz CT molecular complexity index is 1150. The van der Waals surface area contributed by atoms with Crippen LogP contribution in [0, 0.1) is 12.3 Å². The minimum atomic E-state index is -4.97. The van der Waals surface area contributed by atoms with Gasteiger partial charge in [0.05, 0.1) is 11.7 Å². The highest BCUT2D eigenvalue weighted by molar-refractivity contribution is 5.89. The van der Waals surface area contributed by atoms with Gasteiger partial charge in [-0.15, -0.1) is 6.42 Å². The van der Waals surface area contributed by atoms with Crippen LogP contribution < -0.4 is 11.2 Å². The molecular weight excluding hydrogens is 445 g/mol. The van der Waals surface area contributed by atoms with Gasteiger partial charge in [-0.3, -0.25) is 14.3 Å². The van der Waals surface area contributed by atoms with Crippen LogP contribution in [-0.2, 0) is 26.8 Å². The first-order chi connectivity index (χ1) is 15.6. The highest BCUT2D eigenvalue weighted by Gasteiger charge is 2.40. The van der Waals surface area contributed by atoms with Crippen LogP contribution in [0.15, 0.2) is 40.1 Å². The van der Waals surface area contributed by atoms with E-state index >= 15 is 0 Å². The summed E-state index contributed by atoms with van der Waals surface area (Å²) < 4.78 is 56.4. The Balaban J connectivity index is 1.77. The van der Waals surface area contributed by atoms with Gasteiger partial charge in [-0.25, -0.2) is 9.59 Å². The smallest absolute Gasteiger partial charge is 0.423 e. The molecule has 0 saturated carbocycles. The molecule has 8 nitrogen and oxygen atoms in total. The van der Waals surface area contributed by atoms with Gasteiger partial charge in [-0.2, -0.15) is 13.2 Å². The topological polar surface area (TPSA) is 99.6 Å². The predicted molar refractivity (Wildman–Crippen MR) is 110 cm³/mol. The molecule has 33 heavy (non-hydrogen) atoms. The van der Waals surface area contributed by atoms with Gasteiger partial charge >= 0.3 is 17.8 Å². The van der Waals surface area contributed by atoms with Crippen LogP contribution in [-0.4, -0.2) is 40.9 Å². The molecule has 0 aliphatic carbocycles. The van der Waals surface area contributed by atoms with E-state index in [1.807, 2.05) is 6.92 Å². The van der Waals surface area contributed by atoms with Crippen LogP contribution in [0.2, 0.25) is 0 Å². The molecule has 0 spiro atoms. The number of hydrogen-bond acceptors (Lipinski definition) is 6. The highest BCUT2D eigenvalue weighted by atomic mass is 19.4. The molecule has 1 aliphatic rings. The molecule has 0 bridgehead atoms. The number of alkyl halides is 3. The summed E-state index contributed by atoms with van der Waals surface area (Å²) in [6.45, 7) is 1.56. The molecule has 1 N–H and O–H groups in total. The largest absolute Gasteiger partial charge is 0.459 e. The van der Waals surface area contributed by atoms with Crippen molar-refractivity contribution in [1.82, 2.24) is 9.55 Å². The molecule has 1 aromatic heterocycles. The number of rotatable bonds is 7. The third kappa shape index (κ3) is 5.71. The lowest BCUT2D eigenvalue weighted by atomic mass is 10.1. The van der Waals surface area contributed by atoms with Crippen molar-refractivity contribution in [3.05, 3.63) is 68.0 Å². The number of aryl methyl sites for hydroxylation is 1. The Labute approximate surface area is 186 Å². The highest BCUT2D eigenvalue weighted by Crippen LogP contribution is 2.32. The van der Waals surface area contributed by atoms with E-state index in [1.54, 1.807) is 29.2 Å². The third-order valence-electron chi connectivity index (χ3n) is 5.12. The minimum Gasteiger partial charge on any atom is -0.459 e. The van der Waals surface area contributed by atoms with Crippen molar-refractivity contribution < 1.29 is 32.2 Å². The quantitative estimate of drug-likeness (QED) is 0.497. The van der Waals surface area contributed by atoms with Crippen molar-refractivity contribution in [3.8, 4) is 12.3 Å². The lowest BCUT2D eigenvalue weighted by Crippen LogP contribution is -2.36. The van der Waals surface area contributed by atoms with E-state index in [9.17, 15) is 27.6 Å².